The molecule has 0 bridgehead atoms. The number of aromatic nitrogens is 2. The summed E-state index contributed by atoms with van der Waals surface area (Å²) in [6.07, 6.45) is 3.88. The SMILES string of the molecule is CCCc1cc(N2CCC[C@@H](C(=O)c3ccc4c(c3)OCO4)C2)nc(C)n1. The molecule has 0 N–H and O–H groups in total. The van der Waals surface area contributed by atoms with E-state index in [4.69, 9.17) is 9.47 Å². The first-order chi connectivity index (χ1) is 13.1. The average Bonchev–Trinajstić information content (AvgIpc) is 3.15. The van der Waals surface area contributed by atoms with E-state index < -0.39 is 0 Å². The van der Waals surface area contributed by atoms with Gasteiger partial charge in [0.1, 0.15) is 11.6 Å². The number of hydrogen-bond acceptors (Lipinski definition) is 6. The molecule has 1 atom stereocenters. The fourth-order valence-corrected chi connectivity index (χ4v) is 3.84. The van der Waals surface area contributed by atoms with Crippen LogP contribution in [0.2, 0.25) is 0 Å². The summed E-state index contributed by atoms with van der Waals surface area (Å²) in [5.41, 5.74) is 1.76. The highest BCUT2D eigenvalue weighted by molar-refractivity contribution is 5.99. The van der Waals surface area contributed by atoms with Crippen molar-refractivity contribution in [1.82, 2.24) is 9.97 Å². The molecular formula is C21H25N3O3. The van der Waals surface area contributed by atoms with E-state index in [0.29, 0.717) is 23.6 Å². The van der Waals surface area contributed by atoms with Gasteiger partial charge in [-0.3, -0.25) is 4.79 Å². The van der Waals surface area contributed by atoms with Crippen LogP contribution in [0.3, 0.4) is 0 Å². The molecule has 142 valence electrons. The van der Waals surface area contributed by atoms with Crippen LogP contribution >= 0.6 is 0 Å². The summed E-state index contributed by atoms with van der Waals surface area (Å²) < 4.78 is 10.8. The van der Waals surface area contributed by atoms with Crippen molar-refractivity contribution < 1.29 is 14.3 Å². The molecule has 2 aliphatic heterocycles. The second-order valence-corrected chi connectivity index (χ2v) is 7.23. The third-order valence-corrected chi connectivity index (χ3v) is 5.16. The zero-order valence-electron chi connectivity index (χ0n) is 15.9. The normalized spacial score (nSPS) is 18.6. The van der Waals surface area contributed by atoms with E-state index in [1.807, 2.05) is 19.1 Å². The van der Waals surface area contributed by atoms with E-state index in [-0.39, 0.29) is 18.5 Å². The molecule has 4 rings (SSSR count). The molecule has 6 nitrogen and oxygen atoms in total. The molecule has 0 radical (unpaired) electrons. The second-order valence-electron chi connectivity index (χ2n) is 7.23. The van der Waals surface area contributed by atoms with Crippen molar-refractivity contribution in [3.63, 3.8) is 0 Å². The van der Waals surface area contributed by atoms with Crippen LogP contribution in [-0.4, -0.2) is 35.6 Å². The van der Waals surface area contributed by atoms with Gasteiger partial charge < -0.3 is 14.4 Å². The van der Waals surface area contributed by atoms with E-state index in [1.165, 1.54) is 0 Å². The fourth-order valence-electron chi connectivity index (χ4n) is 3.84. The molecule has 0 unspecified atom stereocenters. The zero-order chi connectivity index (χ0) is 18.8. The fraction of sp³-hybridized carbons (Fsp3) is 0.476. The Kier molecular flexibility index (Phi) is 4.97. The Labute approximate surface area is 159 Å². The lowest BCUT2D eigenvalue weighted by Crippen LogP contribution is -2.39. The number of rotatable bonds is 5. The van der Waals surface area contributed by atoms with Crippen LogP contribution < -0.4 is 14.4 Å². The minimum absolute atomic E-state index is 0.0379. The largest absolute Gasteiger partial charge is 0.454 e. The van der Waals surface area contributed by atoms with Gasteiger partial charge in [0, 0.05) is 36.3 Å². The Morgan fingerprint density at radius 2 is 2.07 bits per heavy atom. The van der Waals surface area contributed by atoms with E-state index in [1.54, 1.807) is 6.07 Å². The molecule has 6 heteroatoms. The first-order valence-electron chi connectivity index (χ1n) is 9.67. The van der Waals surface area contributed by atoms with Crippen LogP contribution in [0.1, 0.15) is 48.1 Å². The van der Waals surface area contributed by atoms with Crippen molar-refractivity contribution in [3.8, 4) is 11.5 Å². The maximum Gasteiger partial charge on any atom is 0.231 e. The molecule has 0 aliphatic carbocycles. The lowest BCUT2D eigenvalue weighted by atomic mass is 9.90. The van der Waals surface area contributed by atoms with Gasteiger partial charge in [-0.15, -0.1) is 0 Å². The van der Waals surface area contributed by atoms with Gasteiger partial charge in [0.25, 0.3) is 0 Å². The van der Waals surface area contributed by atoms with Gasteiger partial charge in [-0.1, -0.05) is 13.3 Å². The molecule has 0 saturated carbocycles. The number of benzene rings is 1. The van der Waals surface area contributed by atoms with Crippen molar-refractivity contribution in [2.45, 2.75) is 39.5 Å². The molecule has 0 spiro atoms. The van der Waals surface area contributed by atoms with Gasteiger partial charge >= 0.3 is 0 Å². The van der Waals surface area contributed by atoms with Gasteiger partial charge in [0.2, 0.25) is 6.79 Å². The molecule has 0 amide bonds. The smallest absolute Gasteiger partial charge is 0.231 e. The average molecular weight is 367 g/mol. The van der Waals surface area contributed by atoms with Crippen LogP contribution in [0.5, 0.6) is 11.5 Å². The van der Waals surface area contributed by atoms with Crippen LogP contribution in [0.25, 0.3) is 0 Å². The number of carbonyl (C=O) groups is 1. The number of Topliss-reactive ketones (excluding diaryl/α,β-unsaturated/α-hetero) is 1. The first kappa shape index (κ1) is 17.8. The number of anilines is 1. The quantitative estimate of drug-likeness (QED) is 0.753. The summed E-state index contributed by atoms with van der Waals surface area (Å²) >= 11 is 0. The summed E-state index contributed by atoms with van der Waals surface area (Å²) in [4.78, 5) is 24.4. The number of hydrogen-bond donors (Lipinski definition) is 0. The van der Waals surface area contributed by atoms with Crippen molar-refractivity contribution in [1.29, 1.82) is 0 Å². The lowest BCUT2D eigenvalue weighted by molar-refractivity contribution is 0.0906. The second kappa shape index (κ2) is 7.55. The zero-order valence-corrected chi connectivity index (χ0v) is 15.9. The van der Waals surface area contributed by atoms with E-state index in [2.05, 4.69) is 27.9 Å². The van der Waals surface area contributed by atoms with E-state index >= 15 is 0 Å². The maximum atomic E-state index is 13.1. The van der Waals surface area contributed by atoms with Gasteiger partial charge in [-0.25, -0.2) is 9.97 Å². The third-order valence-electron chi connectivity index (χ3n) is 5.16. The number of ether oxygens (including phenoxy) is 2. The highest BCUT2D eigenvalue weighted by Gasteiger charge is 2.28. The van der Waals surface area contributed by atoms with Gasteiger partial charge in [0.15, 0.2) is 17.3 Å². The monoisotopic (exact) mass is 367 g/mol. The predicted octanol–water partition coefficient (Wildman–Crippen LogP) is 3.57. The number of fused-ring (bicyclic) bond motifs is 1. The first-order valence-corrected chi connectivity index (χ1v) is 9.67. The molecule has 1 aromatic heterocycles. The summed E-state index contributed by atoms with van der Waals surface area (Å²) in [7, 11) is 0. The maximum absolute atomic E-state index is 13.1. The number of carbonyl (C=O) groups excluding carboxylic acids is 1. The number of nitrogens with zero attached hydrogens (tertiary/aromatic N) is 3. The van der Waals surface area contributed by atoms with Gasteiger partial charge in [-0.05, 0) is 44.4 Å². The third kappa shape index (κ3) is 3.75. The molecule has 2 aromatic rings. The lowest BCUT2D eigenvalue weighted by Gasteiger charge is -2.33. The molecule has 2 aliphatic rings. The van der Waals surface area contributed by atoms with Crippen LogP contribution in [0.15, 0.2) is 24.3 Å². The minimum atomic E-state index is -0.0379. The molecule has 27 heavy (non-hydrogen) atoms. The number of aryl methyl sites for hydroxylation is 2. The topological polar surface area (TPSA) is 64.6 Å². The summed E-state index contributed by atoms with van der Waals surface area (Å²) in [5.74, 6) is 3.22. The molecular weight excluding hydrogens is 342 g/mol. The van der Waals surface area contributed by atoms with Gasteiger partial charge in [-0.2, -0.15) is 0 Å². The van der Waals surface area contributed by atoms with Crippen molar-refractivity contribution in [3.05, 3.63) is 41.3 Å². The van der Waals surface area contributed by atoms with Crippen molar-refractivity contribution >= 4 is 11.6 Å². The van der Waals surface area contributed by atoms with Crippen LogP contribution in [0, 0.1) is 12.8 Å². The molecule has 1 saturated heterocycles. The summed E-state index contributed by atoms with van der Waals surface area (Å²) in [6.45, 7) is 5.92. The van der Waals surface area contributed by atoms with Crippen LogP contribution in [0.4, 0.5) is 5.82 Å². The molecule has 1 fully saturated rings. The van der Waals surface area contributed by atoms with E-state index in [9.17, 15) is 4.79 Å². The Morgan fingerprint density at radius 1 is 1.22 bits per heavy atom. The highest BCUT2D eigenvalue weighted by atomic mass is 16.7. The van der Waals surface area contributed by atoms with E-state index in [0.717, 1.165) is 49.6 Å². The molecule has 3 heterocycles. The number of ketones is 1. The predicted molar refractivity (Wildman–Crippen MR) is 103 cm³/mol. The summed E-state index contributed by atoms with van der Waals surface area (Å²) in [6, 6.07) is 7.53. The Bertz CT molecular complexity index is 853. The van der Waals surface area contributed by atoms with Crippen LogP contribution in [-0.2, 0) is 6.42 Å². The Hall–Kier alpha value is -2.63. The molecule has 1 aromatic carbocycles. The van der Waals surface area contributed by atoms with Gasteiger partial charge in [0.05, 0.1) is 0 Å². The Morgan fingerprint density at radius 3 is 2.93 bits per heavy atom. The number of piperidine rings is 1. The van der Waals surface area contributed by atoms with Crippen molar-refractivity contribution in [2.24, 2.45) is 5.92 Å². The van der Waals surface area contributed by atoms with Crippen molar-refractivity contribution in [2.75, 3.05) is 24.8 Å². The Balaban J connectivity index is 1.52. The standard InChI is InChI=1S/C21H25N3O3/c1-3-5-17-11-20(23-14(2)22-17)24-9-4-6-16(12-24)21(25)15-7-8-18-19(10-15)27-13-26-18/h7-8,10-11,16H,3-6,9,12-13H2,1-2H3/t16-/m1/s1. The summed E-state index contributed by atoms with van der Waals surface area (Å²) in [5, 5.41) is 0. The highest BCUT2D eigenvalue weighted by Crippen LogP contribution is 2.34. The minimum Gasteiger partial charge on any atom is -0.454 e.